The van der Waals surface area contributed by atoms with Crippen LogP contribution in [0.5, 0.6) is 0 Å². The molecule has 5 nitrogen and oxygen atoms in total. The Morgan fingerprint density at radius 3 is 2.82 bits per heavy atom. The van der Waals surface area contributed by atoms with Crippen molar-refractivity contribution in [3.05, 3.63) is 52.0 Å². The zero-order chi connectivity index (χ0) is 23.6. The molecule has 0 atom stereocenters. The molecule has 4 rings (SSSR count). The highest BCUT2D eigenvalue weighted by Crippen LogP contribution is 2.40. The minimum absolute atomic E-state index is 0.168. The van der Waals surface area contributed by atoms with E-state index in [1.165, 1.54) is 18.4 Å². The summed E-state index contributed by atoms with van der Waals surface area (Å²) in [5, 5.41) is 5.70. The van der Waals surface area contributed by atoms with E-state index >= 15 is 0 Å². The van der Waals surface area contributed by atoms with E-state index in [4.69, 9.17) is 9.72 Å². The van der Waals surface area contributed by atoms with E-state index in [9.17, 15) is 13.6 Å². The van der Waals surface area contributed by atoms with E-state index in [0.29, 0.717) is 28.9 Å². The minimum Gasteiger partial charge on any atom is -0.465 e. The van der Waals surface area contributed by atoms with Crippen LogP contribution in [0.2, 0.25) is 0 Å². The Morgan fingerprint density at radius 1 is 1.36 bits per heavy atom. The topological polar surface area (TPSA) is 64.1 Å². The van der Waals surface area contributed by atoms with Gasteiger partial charge in [0.1, 0.15) is 11.4 Å². The van der Waals surface area contributed by atoms with Gasteiger partial charge >= 0.3 is 5.97 Å². The van der Waals surface area contributed by atoms with Crippen LogP contribution in [0, 0.1) is 5.92 Å². The fourth-order valence-electron chi connectivity index (χ4n) is 3.68. The second-order valence-electron chi connectivity index (χ2n) is 8.39. The van der Waals surface area contributed by atoms with Crippen molar-refractivity contribution in [3.63, 3.8) is 0 Å². The van der Waals surface area contributed by atoms with Gasteiger partial charge in [-0.2, -0.15) is 0 Å². The number of halogens is 2. The van der Waals surface area contributed by atoms with Gasteiger partial charge in [0.25, 0.3) is 5.92 Å². The van der Waals surface area contributed by atoms with Gasteiger partial charge in [0.05, 0.1) is 12.8 Å². The molecule has 0 unspecified atom stereocenters. The number of thiazole rings is 1. The first-order valence-electron chi connectivity index (χ1n) is 10.7. The van der Waals surface area contributed by atoms with Crippen LogP contribution in [0.15, 0.2) is 35.9 Å². The summed E-state index contributed by atoms with van der Waals surface area (Å²) in [6, 6.07) is 5.65. The van der Waals surface area contributed by atoms with E-state index in [1.54, 1.807) is 29.7 Å². The first kappa shape index (κ1) is 23.5. The summed E-state index contributed by atoms with van der Waals surface area (Å²) >= 11 is 3.02. The average molecular weight is 490 g/mol. The molecule has 33 heavy (non-hydrogen) atoms. The average Bonchev–Trinajstić information content (AvgIpc) is 3.44. The largest absolute Gasteiger partial charge is 0.465 e. The van der Waals surface area contributed by atoms with E-state index in [2.05, 4.69) is 24.1 Å². The molecule has 0 fully saturated rings. The Labute approximate surface area is 199 Å². The van der Waals surface area contributed by atoms with E-state index < -0.39 is 11.9 Å². The predicted octanol–water partition coefficient (Wildman–Crippen LogP) is 7.20. The number of ether oxygens (including phenoxy) is 1. The lowest BCUT2D eigenvalue weighted by Crippen LogP contribution is -2.18. The number of carbonyl (C=O) groups excluding carboxylic acids is 1. The maximum absolute atomic E-state index is 13.7. The third-order valence-electron chi connectivity index (χ3n) is 5.33. The Morgan fingerprint density at radius 2 is 2.18 bits per heavy atom. The normalized spacial score (nSPS) is 15.4. The summed E-state index contributed by atoms with van der Waals surface area (Å²) in [6.45, 7) is 4.22. The summed E-state index contributed by atoms with van der Waals surface area (Å²) in [5.74, 6) is -2.42. The number of hydrogen-bond donors (Lipinski definition) is 1. The fourth-order valence-corrected chi connectivity index (χ4v) is 5.60. The number of methoxy groups -OCH3 is 1. The van der Waals surface area contributed by atoms with Crippen molar-refractivity contribution >= 4 is 45.2 Å². The molecule has 0 saturated heterocycles. The molecule has 3 aromatic heterocycles. The number of esters is 1. The Hall–Kier alpha value is -2.65. The number of carbonyl (C=O) groups is 1. The summed E-state index contributed by atoms with van der Waals surface area (Å²) in [6.07, 6.45) is 3.97. The number of thiophene rings is 1. The lowest BCUT2D eigenvalue weighted by molar-refractivity contribution is -0.00606. The molecule has 0 amide bonds. The summed E-state index contributed by atoms with van der Waals surface area (Å²) < 4.78 is 32.3. The molecule has 3 aromatic rings. The molecule has 0 aromatic carbocycles. The number of aromatic nitrogens is 2. The maximum atomic E-state index is 13.7. The zero-order valence-electron chi connectivity index (χ0n) is 18.7. The van der Waals surface area contributed by atoms with Crippen LogP contribution in [0.1, 0.15) is 54.0 Å². The summed E-state index contributed by atoms with van der Waals surface area (Å²) in [4.78, 5) is 23.7. The minimum atomic E-state index is -2.65. The van der Waals surface area contributed by atoms with Gasteiger partial charge in [0.15, 0.2) is 5.13 Å². The van der Waals surface area contributed by atoms with Crippen LogP contribution in [0.25, 0.3) is 16.0 Å². The lowest BCUT2D eigenvalue weighted by Gasteiger charge is -2.21. The van der Waals surface area contributed by atoms with E-state index in [0.717, 1.165) is 33.0 Å². The molecule has 0 bridgehead atoms. The van der Waals surface area contributed by atoms with Crippen molar-refractivity contribution in [1.82, 2.24) is 9.97 Å². The van der Waals surface area contributed by atoms with Gasteiger partial charge in [-0.25, -0.2) is 23.5 Å². The Kier molecular flexibility index (Phi) is 6.90. The van der Waals surface area contributed by atoms with Gasteiger partial charge in [0, 0.05) is 34.4 Å². The highest BCUT2D eigenvalue weighted by atomic mass is 32.1. The summed E-state index contributed by atoms with van der Waals surface area (Å²) in [5.41, 5.74) is 2.75. The third-order valence-corrected chi connectivity index (χ3v) is 7.24. The highest BCUT2D eigenvalue weighted by Gasteiger charge is 2.32. The molecule has 0 radical (unpaired) electrons. The van der Waals surface area contributed by atoms with Gasteiger partial charge in [-0.1, -0.05) is 26.0 Å². The molecule has 1 N–H and O–H groups in total. The molecule has 0 aliphatic heterocycles. The smallest absolute Gasteiger partial charge is 0.341 e. The number of hydrogen-bond acceptors (Lipinski definition) is 7. The van der Waals surface area contributed by atoms with Crippen molar-refractivity contribution in [2.75, 3.05) is 12.4 Å². The van der Waals surface area contributed by atoms with Crippen molar-refractivity contribution in [2.45, 2.75) is 45.5 Å². The second-order valence-corrected chi connectivity index (χ2v) is 10.4. The molecule has 1 aliphatic rings. The zero-order valence-corrected chi connectivity index (χ0v) is 20.3. The number of alkyl halides is 2. The van der Waals surface area contributed by atoms with Gasteiger partial charge in [0.2, 0.25) is 0 Å². The number of anilines is 2. The number of nitrogens with zero attached hydrogens (tertiary/aromatic N) is 2. The van der Waals surface area contributed by atoms with Crippen LogP contribution in [0.4, 0.5) is 19.7 Å². The van der Waals surface area contributed by atoms with Gasteiger partial charge in [-0.05, 0) is 41.8 Å². The number of rotatable bonds is 7. The second kappa shape index (κ2) is 9.69. The van der Waals surface area contributed by atoms with Crippen LogP contribution in [-0.2, 0) is 11.2 Å². The van der Waals surface area contributed by atoms with Crippen molar-refractivity contribution in [3.8, 4) is 10.4 Å². The molecule has 174 valence electrons. The van der Waals surface area contributed by atoms with Gasteiger partial charge in [-0.3, -0.25) is 0 Å². The van der Waals surface area contributed by atoms with Crippen LogP contribution >= 0.6 is 22.7 Å². The molecule has 0 saturated carbocycles. The number of pyridine rings is 1. The van der Waals surface area contributed by atoms with E-state index in [-0.39, 0.29) is 12.8 Å². The Balaban J connectivity index is 1.68. The SMILES string of the molecule is COC(=O)c1cc(-c2cccs2)cnc1Nc1nc(C2=CCC(F)(F)CC2)c(CC(C)C)s1. The first-order valence-corrected chi connectivity index (χ1v) is 12.4. The van der Waals surface area contributed by atoms with E-state index in [1.807, 2.05) is 17.5 Å². The standard InChI is InChI=1S/C24H25F2N3O2S2/c1-14(2)11-19-20(15-6-8-24(25,26)9-7-15)28-23(33-19)29-21-17(22(30)31-3)12-16(13-27-21)18-5-4-10-32-18/h4-6,10,12-14H,7-9,11H2,1-3H3,(H,27,28,29). The van der Waals surface area contributed by atoms with Gasteiger partial charge in [-0.15, -0.1) is 22.7 Å². The number of nitrogens with one attached hydrogen (secondary N) is 1. The fraction of sp³-hybridized carbons (Fsp3) is 0.375. The molecule has 9 heteroatoms. The van der Waals surface area contributed by atoms with Gasteiger partial charge < -0.3 is 10.1 Å². The van der Waals surface area contributed by atoms with Crippen molar-refractivity contribution in [1.29, 1.82) is 0 Å². The highest BCUT2D eigenvalue weighted by molar-refractivity contribution is 7.15. The summed E-state index contributed by atoms with van der Waals surface area (Å²) in [7, 11) is 1.33. The quantitative estimate of drug-likeness (QED) is 0.356. The van der Waals surface area contributed by atoms with Crippen LogP contribution in [-0.4, -0.2) is 29.0 Å². The van der Waals surface area contributed by atoms with Crippen LogP contribution < -0.4 is 5.32 Å². The van der Waals surface area contributed by atoms with Crippen LogP contribution in [0.3, 0.4) is 0 Å². The lowest BCUT2D eigenvalue weighted by atomic mass is 9.93. The predicted molar refractivity (Wildman–Crippen MR) is 130 cm³/mol. The first-order chi connectivity index (χ1) is 15.8. The maximum Gasteiger partial charge on any atom is 0.341 e. The van der Waals surface area contributed by atoms with Crippen molar-refractivity contribution in [2.24, 2.45) is 5.92 Å². The molecular weight excluding hydrogens is 464 g/mol. The molecular formula is C24H25F2N3O2S2. The number of allylic oxidation sites excluding steroid dienone is 2. The monoisotopic (exact) mass is 489 g/mol. The molecule has 1 aliphatic carbocycles. The molecule has 0 spiro atoms. The third kappa shape index (κ3) is 5.47. The molecule has 3 heterocycles. The Bertz CT molecular complexity index is 1170. The van der Waals surface area contributed by atoms with Crippen molar-refractivity contribution < 1.29 is 18.3 Å².